The van der Waals surface area contributed by atoms with Crippen molar-refractivity contribution in [3.63, 3.8) is 0 Å². The van der Waals surface area contributed by atoms with Gasteiger partial charge in [0.15, 0.2) is 0 Å². The summed E-state index contributed by atoms with van der Waals surface area (Å²) in [7, 11) is 0. The molecule has 1 aromatic carbocycles. The molecule has 0 unspecified atom stereocenters. The van der Waals surface area contributed by atoms with Crippen LogP contribution in [0.4, 0.5) is 0 Å². The van der Waals surface area contributed by atoms with Gasteiger partial charge < -0.3 is 15.0 Å². The molecule has 4 rings (SSSR count). The summed E-state index contributed by atoms with van der Waals surface area (Å²) in [5.74, 6) is -0.0686. The van der Waals surface area contributed by atoms with E-state index in [-0.39, 0.29) is 11.9 Å². The van der Waals surface area contributed by atoms with E-state index in [0.29, 0.717) is 24.4 Å². The molecule has 1 amide bonds. The first-order valence-electron chi connectivity index (χ1n) is 7.52. The fraction of sp³-hybridized carbons (Fsp3) is 0.500. The number of carbonyl (C=O) groups excluding carboxylic acids is 1. The maximum atomic E-state index is 12.3. The van der Waals surface area contributed by atoms with E-state index in [2.05, 4.69) is 14.9 Å². The van der Waals surface area contributed by atoms with Gasteiger partial charge in [-0.25, -0.2) is 4.98 Å². The lowest BCUT2D eigenvalue weighted by Gasteiger charge is -2.41. The number of amides is 1. The number of benzene rings is 1. The van der Waals surface area contributed by atoms with Gasteiger partial charge in [-0.05, 0) is 50.8 Å². The third kappa shape index (κ3) is 2.31. The fourth-order valence-corrected chi connectivity index (χ4v) is 3.18. The van der Waals surface area contributed by atoms with E-state index < -0.39 is 5.60 Å². The van der Waals surface area contributed by atoms with Gasteiger partial charge >= 0.3 is 0 Å². The van der Waals surface area contributed by atoms with Crippen molar-refractivity contribution in [2.24, 2.45) is 0 Å². The minimum absolute atomic E-state index is 0.0686. The molecule has 2 aliphatic carbocycles. The number of aromatic nitrogens is 2. The van der Waals surface area contributed by atoms with Crippen molar-refractivity contribution < 1.29 is 9.90 Å². The van der Waals surface area contributed by atoms with Crippen molar-refractivity contribution in [2.45, 2.75) is 50.3 Å². The van der Waals surface area contributed by atoms with Crippen molar-refractivity contribution in [3.05, 3.63) is 30.1 Å². The van der Waals surface area contributed by atoms with Crippen LogP contribution in [-0.2, 0) is 0 Å². The Bertz CT molecular complexity index is 707. The first-order valence-corrected chi connectivity index (χ1v) is 7.52. The molecule has 0 aliphatic heterocycles. The van der Waals surface area contributed by atoms with Gasteiger partial charge in [0.25, 0.3) is 5.91 Å². The van der Waals surface area contributed by atoms with Crippen LogP contribution in [0, 0.1) is 0 Å². The number of nitrogens with zero attached hydrogens (tertiary/aromatic N) is 2. The molecule has 5 heteroatoms. The molecule has 0 radical (unpaired) electrons. The van der Waals surface area contributed by atoms with Crippen LogP contribution in [0.2, 0.25) is 0 Å². The average Bonchev–Trinajstić information content (AvgIpc) is 3.16. The molecule has 0 saturated heterocycles. The Morgan fingerprint density at radius 3 is 2.86 bits per heavy atom. The van der Waals surface area contributed by atoms with E-state index in [1.807, 2.05) is 24.5 Å². The van der Waals surface area contributed by atoms with E-state index in [0.717, 1.165) is 11.0 Å². The van der Waals surface area contributed by atoms with Crippen LogP contribution < -0.4 is 5.32 Å². The summed E-state index contributed by atoms with van der Waals surface area (Å²) in [6.07, 6.45) is 5.51. The fourth-order valence-electron chi connectivity index (χ4n) is 3.18. The van der Waals surface area contributed by atoms with Gasteiger partial charge in [0.2, 0.25) is 0 Å². The molecule has 2 aliphatic rings. The maximum absolute atomic E-state index is 12.3. The minimum Gasteiger partial charge on any atom is -0.390 e. The minimum atomic E-state index is -0.619. The molecular formula is C16H19N3O2. The van der Waals surface area contributed by atoms with Gasteiger partial charge in [0, 0.05) is 17.6 Å². The largest absolute Gasteiger partial charge is 0.390 e. The average molecular weight is 285 g/mol. The molecule has 0 spiro atoms. The highest BCUT2D eigenvalue weighted by Gasteiger charge is 2.39. The van der Waals surface area contributed by atoms with Crippen molar-refractivity contribution in [3.8, 4) is 0 Å². The lowest BCUT2D eigenvalue weighted by molar-refractivity contribution is -0.0366. The number of nitrogens with one attached hydrogen (secondary N) is 1. The Balaban J connectivity index is 1.55. The second-order valence-corrected chi connectivity index (χ2v) is 6.66. The number of aliphatic hydroxyl groups is 1. The first kappa shape index (κ1) is 12.8. The van der Waals surface area contributed by atoms with Crippen LogP contribution in [-0.4, -0.2) is 32.2 Å². The van der Waals surface area contributed by atoms with Gasteiger partial charge in [0.05, 0.1) is 23.0 Å². The zero-order valence-corrected chi connectivity index (χ0v) is 12.0. The molecule has 21 heavy (non-hydrogen) atoms. The molecule has 0 atom stereocenters. The van der Waals surface area contributed by atoms with Gasteiger partial charge in [-0.1, -0.05) is 0 Å². The summed E-state index contributed by atoms with van der Waals surface area (Å²) in [6.45, 7) is 1.80. The van der Waals surface area contributed by atoms with Gasteiger partial charge in [-0.3, -0.25) is 4.79 Å². The Kier molecular flexibility index (Phi) is 2.63. The molecule has 2 N–H and O–H groups in total. The second-order valence-electron chi connectivity index (χ2n) is 6.66. The molecule has 1 heterocycles. The quantitative estimate of drug-likeness (QED) is 0.906. The SMILES string of the molecule is CC1(O)CC(NC(=O)c2ccc3ncn(C4CC4)c3c2)C1. The highest BCUT2D eigenvalue weighted by atomic mass is 16.3. The smallest absolute Gasteiger partial charge is 0.251 e. The third-order valence-electron chi connectivity index (χ3n) is 4.48. The highest BCUT2D eigenvalue weighted by Crippen LogP contribution is 2.37. The highest BCUT2D eigenvalue weighted by molar-refractivity contribution is 5.97. The number of imidazole rings is 1. The Morgan fingerprint density at radius 1 is 1.43 bits per heavy atom. The molecule has 0 bridgehead atoms. The van der Waals surface area contributed by atoms with E-state index in [9.17, 15) is 9.90 Å². The van der Waals surface area contributed by atoms with Crippen molar-refractivity contribution in [1.82, 2.24) is 14.9 Å². The molecular weight excluding hydrogens is 266 g/mol. The van der Waals surface area contributed by atoms with E-state index in [1.165, 1.54) is 12.8 Å². The summed E-state index contributed by atoms with van der Waals surface area (Å²) in [5, 5.41) is 12.7. The Hall–Kier alpha value is -1.88. The van der Waals surface area contributed by atoms with E-state index in [4.69, 9.17) is 0 Å². The van der Waals surface area contributed by atoms with Crippen LogP contribution in [0.3, 0.4) is 0 Å². The predicted molar refractivity (Wildman–Crippen MR) is 79.1 cm³/mol. The van der Waals surface area contributed by atoms with Gasteiger partial charge in [-0.15, -0.1) is 0 Å². The second kappa shape index (κ2) is 4.31. The lowest BCUT2D eigenvalue weighted by atomic mass is 9.77. The van der Waals surface area contributed by atoms with Crippen LogP contribution >= 0.6 is 0 Å². The molecule has 1 aromatic heterocycles. The third-order valence-corrected chi connectivity index (χ3v) is 4.48. The van der Waals surface area contributed by atoms with Crippen molar-refractivity contribution in [2.75, 3.05) is 0 Å². The number of rotatable bonds is 3. The van der Waals surface area contributed by atoms with Crippen molar-refractivity contribution >= 4 is 16.9 Å². The van der Waals surface area contributed by atoms with E-state index >= 15 is 0 Å². The summed E-state index contributed by atoms with van der Waals surface area (Å²) < 4.78 is 2.17. The first-order chi connectivity index (χ1) is 10.0. The predicted octanol–water partition coefficient (Wildman–Crippen LogP) is 2.01. The normalized spacial score (nSPS) is 28.4. The number of hydrogen-bond donors (Lipinski definition) is 2. The monoisotopic (exact) mass is 285 g/mol. The molecule has 110 valence electrons. The Labute approximate surface area is 123 Å². The number of fused-ring (bicyclic) bond motifs is 1. The molecule has 2 fully saturated rings. The summed E-state index contributed by atoms with van der Waals surface area (Å²) >= 11 is 0. The zero-order chi connectivity index (χ0) is 14.6. The molecule has 5 nitrogen and oxygen atoms in total. The molecule has 2 aromatic rings. The van der Waals surface area contributed by atoms with Crippen LogP contribution in [0.25, 0.3) is 11.0 Å². The maximum Gasteiger partial charge on any atom is 0.251 e. The topological polar surface area (TPSA) is 67.2 Å². The lowest BCUT2D eigenvalue weighted by Crippen LogP contribution is -2.53. The van der Waals surface area contributed by atoms with Crippen molar-refractivity contribution in [1.29, 1.82) is 0 Å². The van der Waals surface area contributed by atoms with Gasteiger partial charge in [0.1, 0.15) is 0 Å². The zero-order valence-electron chi connectivity index (χ0n) is 12.0. The van der Waals surface area contributed by atoms with Crippen LogP contribution in [0.15, 0.2) is 24.5 Å². The number of hydrogen-bond acceptors (Lipinski definition) is 3. The molecule has 2 saturated carbocycles. The van der Waals surface area contributed by atoms with E-state index in [1.54, 1.807) is 6.92 Å². The summed E-state index contributed by atoms with van der Waals surface area (Å²) in [4.78, 5) is 16.7. The standard InChI is InChI=1S/C16H19N3O2/c1-16(21)7-11(8-16)18-15(20)10-2-5-13-14(6-10)19(9-17-13)12-3-4-12/h2,5-6,9,11-12,21H,3-4,7-8H2,1H3,(H,18,20). The summed E-state index contributed by atoms with van der Waals surface area (Å²) in [6, 6.07) is 6.28. The van der Waals surface area contributed by atoms with Crippen LogP contribution in [0.1, 0.15) is 49.0 Å². The van der Waals surface area contributed by atoms with Gasteiger partial charge in [-0.2, -0.15) is 0 Å². The number of carbonyl (C=O) groups is 1. The van der Waals surface area contributed by atoms with Crippen LogP contribution in [0.5, 0.6) is 0 Å². The summed E-state index contributed by atoms with van der Waals surface area (Å²) in [5.41, 5.74) is 2.01. The Morgan fingerprint density at radius 2 is 2.19 bits per heavy atom.